The fourth-order valence-corrected chi connectivity index (χ4v) is 1.98. The van der Waals surface area contributed by atoms with Gasteiger partial charge < -0.3 is 15.2 Å². The monoisotopic (exact) mass is 294 g/mol. The number of nitrogen functional groups attached to an aromatic ring is 1. The van der Waals surface area contributed by atoms with E-state index >= 15 is 0 Å². The number of rotatable bonds is 5. The first-order valence-corrected chi connectivity index (χ1v) is 6.43. The molecule has 1 unspecified atom stereocenters. The maximum atomic E-state index is 12.0. The van der Waals surface area contributed by atoms with Crippen molar-refractivity contribution in [3.8, 4) is 0 Å². The van der Waals surface area contributed by atoms with Crippen LogP contribution in [0.1, 0.15) is 23.0 Å². The minimum absolute atomic E-state index is 0.0697. The molecule has 0 aromatic carbocycles. The number of aromatic nitrogens is 1. The molecule has 2 aromatic heterocycles. The molecule has 106 valence electrons. The molecule has 4 N–H and O–H groups in total. The zero-order valence-electron chi connectivity index (χ0n) is 10.9. The second-order valence-corrected chi connectivity index (χ2v) is 4.76. The number of halogens is 1. The van der Waals surface area contributed by atoms with Crippen LogP contribution in [0.4, 0.5) is 5.82 Å². The van der Waals surface area contributed by atoms with Crippen LogP contribution in [0.25, 0.3) is 0 Å². The van der Waals surface area contributed by atoms with Crippen LogP contribution in [0.5, 0.6) is 0 Å². The molecule has 7 heteroatoms. The Labute approximate surface area is 121 Å². The van der Waals surface area contributed by atoms with Crippen LogP contribution < -0.4 is 16.6 Å². The van der Waals surface area contributed by atoms with Gasteiger partial charge in [0.05, 0.1) is 16.8 Å². The Bertz CT molecular complexity index is 586. The summed E-state index contributed by atoms with van der Waals surface area (Å²) in [4.78, 5) is 16.0. The van der Waals surface area contributed by atoms with Crippen molar-refractivity contribution in [3.63, 3.8) is 0 Å². The number of pyridine rings is 1. The first kappa shape index (κ1) is 14.4. The average Bonchev–Trinajstić information content (AvgIpc) is 2.91. The van der Waals surface area contributed by atoms with E-state index < -0.39 is 0 Å². The summed E-state index contributed by atoms with van der Waals surface area (Å²) >= 11 is 5.93. The van der Waals surface area contributed by atoms with Gasteiger partial charge in [0.1, 0.15) is 5.76 Å². The third-order valence-corrected chi connectivity index (χ3v) is 2.99. The molecule has 0 fully saturated rings. The molecular weight excluding hydrogens is 280 g/mol. The van der Waals surface area contributed by atoms with Crippen LogP contribution in [-0.4, -0.2) is 16.9 Å². The number of carbonyl (C=O) groups is 1. The summed E-state index contributed by atoms with van der Waals surface area (Å²) in [6, 6.07) is 5.12. The maximum absolute atomic E-state index is 12.0. The third-order valence-electron chi connectivity index (χ3n) is 2.71. The molecule has 6 nitrogen and oxygen atoms in total. The molecule has 0 aliphatic rings. The molecule has 2 aromatic rings. The average molecular weight is 295 g/mol. The number of carbonyl (C=O) groups excluding carboxylic acids is 1. The van der Waals surface area contributed by atoms with E-state index in [2.05, 4.69) is 15.7 Å². The highest BCUT2D eigenvalue weighted by atomic mass is 35.5. The van der Waals surface area contributed by atoms with Gasteiger partial charge in [-0.3, -0.25) is 4.79 Å². The number of furan rings is 1. The lowest BCUT2D eigenvalue weighted by atomic mass is 10.2. The van der Waals surface area contributed by atoms with E-state index in [0.717, 1.165) is 5.76 Å². The molecule has 1 amide bonds. The van der Waals surface area contributed by atoms with E-state index in [1.165, 1.54) is 12.3 Å². The predicted octanol–water partition coefficient (Wildman–Crippen LogP) is 1.97. The fourth-order valence-electron chi connectivity index (χ4n) is 1.76. The number of hydrazine groups is 1. The summed E-state index contributed by atoms with van der Waals surface area (Å²) in [6.07, 6.45) is 3.63. The summed E-state index contributed by atoms with van der Waals surface area (Å²) in [7, 11) is 0. The molecule has 1 atom stereocenters. The molecule has 0 spiro atoms. The number of hydrogen-bond donors (Lipinski definition) is 3. The van der Waals surface area contributed by atoms with E-state index in [1.807, 2.05) is 19.1 Å². The van der Waals surface area contributed by atoms with Crippen LogP contribution in [0.15, 0.2) is 35.1 Å². The molecule has 0 saturated carbocycles. The van der Waals surface area contributed by atoms with E-state index in [4.69, 9.17) is 21.9 Å². The van der Waals surface area contributed by atoms with Gasteiger partial charge in [0.2, 0.25) is 0 Å². The second kappa shape index (κ2) is 6.40. The van der Waals surface area contributed by atoms with E-state index in [9.17, 15) is 4.79 Å². The number of nitrogens with two attached hydrogens (primary N) is 1. The highest BCUT2D eigenvalue weighted by Gasteiger charge is 2.13. The van der Waals surface area contributed by atoms with Crippen molar-refractivity contribution in [3.05, 3.63) is 47.0 Å². The second-order valence-electron chi connectivity index (χ2n) is 4.36. The fraction of sp³-hybridized carbons (Fsp3) is 0.231. The standard InChI is InChI=1S/C13H15ClN4O2/c1-8(5-10-3-2-4-20-10)17-13(19)9-6-11(14)12(18-15)16-7-9/h2-4,6-8H,5,15H2,1H3,(H,16,18)(H,17,19). The van der Waals surface area contributed by atoms with Gasteiger partial charge in [-0.1, -0.05) is 11.6 Å². The molecular formula is C13H15ClN4O2. The first-order chi connectivity index (χ1) is 9.60. The van der Waals surface area contributed by atoms with Crippen molar-refractivity contribution in [2.45, 2.75) is 19.4 Å². The number of amides is 1. The van der Waals surface area contributed by atoms with E-state index in [0.29, 0.717) is 22.8 Å². The summed E-state index contributed by atoms with van der Waals surface area (Å²) in [6.45, 7) is 1.89. The lowest BCUT2D eigenvalue weighted by molar-refractivity contribution is 0.0939. The van der Waals surface area contributed by atoms with Gasteiger partial charge in [-0.2, -0.15) is 0 Å². The minimum Gasteiger partial charge on any atom is -0.469 e. The molecule has 0 bridgehead atoms. The van der Waals surface area contributed by atoms with Gasteiger partial charge in [0, 0.05) is 18.7 Å². The highest BCUT2D eigenvalue weighted by molar-refractivity contribution is 6.33. The number of anilines is 1. The number of nitrogens with zero attached hydrogens (tertiary/aromatic N) is 1. The SMILES string of the molecule is CC(Cc1ccco1)NC(=O)c1cnc(NN)c(Cl)c1. The third kappa shape index (κ3) is 3.49. The quantitative estimate of drug-likeness (QED) is 0.579. The Kier molecular flexibility index (Phi) is 4.60. The van der Waals surface area contributed by atoms with Crippen molar-refractivity contribution < 1.29 is 9.21 Å². The van der Waals surface area contributed by atoms with Crippen LogP contribution in [0, 0.1) is 0 Å². The molecule has 0 aliphatic carbocycles. The van der Waals surface area contributed by atoms with Crippen molar-refractivity contribution in [2.75, 3.05) is 5.43 Å². The van der Waals surface area contributed by atoms with Gasteiger partial charge >= 0.3 is 0 Å². The first-order valence-electron chi connectivity index (χ1n) is 6.05. The molecule has 2 rings (SSSR count). The van der Waals surface area contributed by atoms with Crippen molar-refractivity contribution in [2.24, 2.45) is 5.84 Å². The summed E-state index contributed by atoms with van der Waals surface area (Å²) in [5, 5.41) is 3.14. The topological polar surface area (TPSA) is 93.2 Å². The van der Waals surface area contributed by atoms with Crippen LogP contribution in [0.3, 0.4) is 0 Å². The predicted molar refractivity (Wildman–Crippen MR) is 76.4 cm³/mol. The summed E-state index contributed by atoms with van der Waals surface area (Å²) in [5.41, 5.74) is 2.72. The van der Waals surface area contributed by atoms with Crippen molar-refractivity contribution >= 4 is 23.3 Å². The largest absolute Gasteiger partial charge is 0.469 e. The normalized spacial score (nSPS) is 11.9. The van der Waals surface area contributed by atoms with E-state index in [-0.39, 0.29) is 11.9 Å². The summed E-state index contributed by atoms with van der Waals surface area (Å²) < 4.78 is 5.23. The van der Waals surface area contributed by atoms with E-state index in [1.54, 1.807) is 6.26 Å². The van der Waals surface area contributed by atoms with Crippen molar-refractivity contribution in [1.29, 1.82) is 0 Å². The van der Waals surface area contributed by atoms with Gasteiger partial charge in [-0.05, 0) is 25.1 Å². The van der Waals surface area contributed by atoms with Crippen LogP contribution >= 0.6 is 11.6 Å². The van der Waals surface area contributed by atoms with Gasteiger partial charge in [0.15, 0.2) is 5.82 Å². The Hall–Kier alpha value is -2.05. The molecule has 0 aliphatic heterocycles. The number of nitrogens with one attached hydrogen (secondary N) is 2. The van der Waals surface area contributed by atoms with Crippen molar-refractivity contribution in [1.82, 2.24) is 10.3 Å². The Morgan fingerprint density at radius 2 is 2.40 bits per heavy atom. The Morgan fingerprint density at radius 1 is 1.60 bits per heavy atom. The van der Waals surface area contributed by atoms with Crippen LogP contribution in [-0.2, 0) is 6.42 Å². The molecule has 0 saturated heterocycles. The molecule has 20 heavy (non-hydrogen) atoms. The zero-order valence-corrected chi connectivity index (χ0v) is 11.6. The zero-order chi connectivity index (χ0) is 14.5. The minimum atomic E-state index is -0.248. The summed E-state index contributed by atoms with van der Waals surface area (Å²) in [5.74, 6) is 6.12. The maximum Gasteiger partial charge on any atom is 0.253 e. The van der Waals surface area contributed by atoms with Gasteiger partial charge in [-0.15, -0.1) is 0 Å². The Balaban J connectivity index is 1.99. The number of hydrogen-bond acceptors (Lipinski definition) is 5. The highest BCUT2D eigenvalue weighted by Crippen LogP contribution is 2.19. The van der Waals surface area contributed by atoms with Crippen LogP contribution in [0.2, 0.25) is 5.02 Å². The lowest BCUT2D eigenvalue weighted by Crippen LogP contribution is -2.34. The smallest absolute Gasteiger partial charge is 0.253 e. The molecule has 0 radical (unpaired) electrons. The van der Waals surface area contributed by atoms with Gasteiger partial charge in [0.25, 0.3) is 5.91 Å². The molecule has 2 heterocycles. The Morgan fingerprint density at radius 3 is 3.00 bits per heavy atom. The lowest BCUT2D eigenvalue weighted by Gasteiger charge is -2.13. The van der Waals surface area contributed by atoms with Gasteiger partial charge in [-0.25, -0.2) is 10.8 Å².